The molecule has 0 bridgehead atoms. The van der Waals surface area contributed by atoms with Crippen molar-refractivity contribution >= 4 is 23.1 Å². The predicted octanol–water partition coefficient (Wildman–Crippen LogP) is 4.39. The average Bonchev–Trinajstić information content (AvgIpc) is 3.26. The fourth-order valence-electron chi connectivity index (χ4n) is 2.07. The molecule has 2 aromatic heterocycles. The van der Waals surface area contributed by atoms with E-state index in [1.54, 1.807) is 11.3 Å². The topological polar surface area (TPSA) is 80.0 Å². The lowest BCUT2D eigenvalue weighted by Crippen LogP contribution is -2.35. The summed E-state index contributed by atoms with van der Waals surface area (Å²) in [6, 6.07) is 11.1. The van der Waals surface area contributed by atoms with E-state index in [1.165, 1.54) is 0 Å². The highest BCUT2D eigenvalue weighted by Crippen LogP contribution is 2.26. The summed E-state index contributed by atoms with van der Waals surface area (Å²) in [6.07, 6.45) is 0.877. The Morgan fingerprint density at radius 3 is 2.96 bits per heavy atom. The first kappa shape index (κ1) is 16.2. The lowest BCUT2D eigenvalue weighted by atomic mass is 10.2. The first-order valence-electron chi connectivity index (χ1n) is 7.71. The number of carbonyl (C=O) groups excluding carboxylic acids is 1. The van der Waals surface area contributed by atoms with Crippen molar-refractivity contribution in [3.8, 4) is 22.2 Å². The Kier molecular flexibility index (Phi) is 4.90. The van der Waals surface area contributed by atoms with Crippen LogP contribution in [-0.2, 0) is 0 Å². The van der Waals surface area contributed by atoms with E-state index in [0.29, 0.717) is 17.4 Å². The van der Waals surface area contributed by atoms with Crippen molar-refractivity contribution in [1.29, 1.82) is 0 Å². The quantitative estimate of drug-likeness (QED) is 0.721. The Morgan fingerprint density at radius 1 is 1.33 bits per heavy atom. The standard InChI is InChI=1S/C17H18N4O2S/c1-3-11(2)18-17(22)19-13-7-4-6-12(10-13)15-20-16(23-21-15)14-8-5-9-24-14/h4-11H,3H2,1-2H3,(H2,18,19,22)/t11-/m1/s1. The molecule has 3 rings (SSSR count). The molecule has 0 aliphatic carbocycles. The molecule has 0 saturated carbocycles. The molecule has 124 valence electrons. The fraction of sp³-hybridized carbons (Fsp3) is 0.235. The Balaban J connectivity index is 1.75. The van der Waals surface area contributed by atoms with Crippen LogP contribution in [0.25, 0.3) is 22.2 Å². The minimum atomic E-state index is -0.228. The van der Waals surface area contributed by atoms with Gasteiger partial charge in [-0.2, -0.15) is 4.98 Å². The summed E-state index contributed by atoms with van der Waals surface area (Å²) in [4.78, 5) is 17.3. The molecule has 1 aromatic carbocycles. The first-order valence-corrected chi connectivity index (χ1v) is 8.59. The highest BCUT2D eigenvalue weighted by atomic mass is 32.1. The van der Waals surface area contributed by atoms with Gasteiger partial charge in [0, 0.05) is 17.3 Å². The molecule has 2 N–H and O–H groups in total. The van der Waals surface area contributed by atoms with Crippen LogP contribution in [0.4, 0.5) is 10.5 Å². The summed E-state index contributed by atoms with van der Waals surface area (Å²) in [6.45, 7) is 3.98. The predicted molar refractivity (Wildman–Crippen MR) is 95.0 cm³/mol. The second kappa shape index (κ2) is 7.27. The molecule has 0 saturated heterocycles. The third-order valence-corrected chi connectivity index (χ3v) is 4.38. The number of nitrogens with zero attached hydrogens (tertiary/aromatic N) is 2. The maximum Gasteiger partial charge on any atom is 0.319 e. The van der Waals surface area contributed by atoms with Gasteiger partial charge in [0.25, 0.3) is 5.89 Å². The van der Waals surface area contributed by atoms with Gasteiger partial charge in [0.15, 0.2) is 0 Å². The highest BCUT2D eigenvalue weighted by molar-refractivity contribution is 7.13. The maximum atomic E-state index is 11.9. The van der Waals surface area contributed by atoms with E-state index in [-0.39, 0.29) is 12.1 Å². The summed E-state index contributed by atoms with van der Waals surface area (Å²) in [5.41, 5.74) is 1.46. The number of aromatic nitrogens is 2. The van der Waals surface area contributed by atoms with Gasteiger partial charge in [-0.15, -0.1) is 11.3 Å². The Bertz CT molecular complexity index is 814. The van der Waals surface area contributed by atoms with Gasteiger partial charge in [-0.3, -0.25) is 0 Å². The molecule has 0 unspecified atom stereocenters. The number of rotatable bonds is 5. The summed E-state index contributed by atoms with van der Waals surface area (Å²) >= 11 is 1.54. The van der Waals surface area contributed by atoms with E-state index >= 15 is 0 Å². The zero-order valence-electron chi connectivity index (χ0n) is 13.4. The van der Waals surface area contributed by atoms with Gasteiger partial charge in [0.1, 0.15) is 0 Å². The lowest BCUT2D eigenvalue weighted by molar-refractivity contribution is 0.249. The molecule has 3 aromatic rings. The molecule has 0 spiro atoms. The summed E-state index contributed by atoms with van der Waals surface area (Å²) in [7, 11) is 0. The lowest BCUT2D eigenvalue weighted by Gasteiger charge is -2.12. The number of hydrogen-bond donors (Lipinski definition) is 2. The Hall–Kier alpha value is -2.67. The normalized spacial score (nSPS) is 11.9. The zero-order chi connectivity index (χ0) is 16.9. The fourth-order valence-corrected chi connectivity index (χ4v) is 2.71. The number of benzene rings is 1. The highest BCUT2D eigenvalue weighted by Gasteiger charge is 2.12. The van der Waals surface area contributed by atoms with Crippen molar-refractivity contribution in [3.63, 3.8) is 0 Å². The molecule has 0 aliphatic rings. The third-order valence-electron chi connectivity index (χ3n) is 3.53. The van der Waals surface area contributed by atoms with Crippen LogP contribution in [0.3, 0.4) is 0 Å². The average molecular weight is 342 g/mol. The van der Waals surface area contributed by atoms with Crippen LogP contribution in [0.1, 0.15) is 20.3 Å². The number of carbonyl (C=O) groups is 1. The molecular formula is C17H18N4O2S. The second-order valence-corrected chi connectivity index (χ2v) is 6.34. The Morgan fingerprint density at radius 2 is 2.21 bits per heavy atom. The van der Waals surface area contributed by atoms with Crippen molar-refractivity contribution < 1.29 is 9.32 Å². The number of anilines is 1. The van der Waals surface area contributed by atoms with E-state index in [9.17, 15) is 4.79 Å². The number of amides is 2. The van der Waals surface area contributed by atoms with Crippen molar-refractivity contribution in [2.24, 2.45) is 0 Å². The van der Waals surface area contributed by atoms with Crippen LogP contribution in [0.15, 0.2) is 46.3 Å². The van der Waals surface area contributed by atoms with Crippen LogP contribution in [0.2, 0.25) is 0 Å². The summed E-state index contributed by atoms with van der Waals surface area (Å²) in [5.74, 6) is 0.984. The maximum absolute atomic E-state index is 11.9. The molecule has 0 fully saturated rings. The van der Waals surface area contributed by atoms with Crippen molar-refractivity contribution in [2.45, 2.75) is 26.3 Å². The van der Waals surface area contributed by atoms with Crippen molar-refractivity contribution in [3.05, 3.63) is 41.8 Å². The van der Waals surface area contributed by atoms with E-state index < -0.39 is 0 Å². The first-order chi connectivity index (χ1) is 11.7. The van der Waals surface area contributed by atoms with Crippen LogP contribution in [0.5, 0.6) is 0 Å². The summed E-state index contributed by atoms with van der Waals surface area (Å²) < 4.78 is 5.30. The van der Waals surface area contributed by atoms with Crippen molar-refractivity contribution in [2.75, 3.05) is 5.32 Å². The van der Waals surface area contributed by atoms with E-state index in [2.05, 4.69) is 20.8 Å². The van der Waals surface area contributed by atoms with Gasteiger partial charge in [-0.1, -0.05) is 30.3 Å². The molecule has 6 nitrogen and oxygen atoms in total. The van der Waals surface area contributed by atoms with Crippen LogP contribution in [0, 0.1) is 0 Å². The van der Waals surface area contributed by atoms with E-state index in [0.717, 1.165) is 16.9 Å². The van der Waals surface area contributed by atoms with Gasteiger partial charge in [0.05, 0.1) is 4.88 Å². The van der Waals surface area contributed by atoms with Crippen LogP contribution < -0.4 is 10.6 Å². The second-order valence-electron chi connectivity index (χ2n) is 5.39. The summed E-state index contributed by atoms with van der Waals surface area (Å²) in [5, 5.41) is 11.7. The molecule has 2 amide bonds. The molecule has 7 heteroatoms. The SMILES string of the molecule is CC[C@@H](C)NC(=O)Nc1cccc(-c2noc(-c3cccs3)n2)c1. The zero-order valence-corrected chi connectivity index (χ0v) is 14.3. The van der Waals surface area contributed by atoms with E-state index in [4.69, 9.17) is 4.52 Å². The van der Waals surface area contributed by atoms with Gasteiger partial charge in [0.2, 0.25) is 5.82 Å². The van der Waals surface area contributed by atoms with Gasteiger partial charge in [-0.25, -0.2) is 4.79 Å². The van der Waals surface area contributed by atoms with Gasteiger partial charge < -0.3 is 15.2 Å². The largest absolute Gasteiger partial charge is 0.335 e. The number of thiophene rings is 1. The monoisotopic (exact) mass is 342 g/mol. The van der Waals surface area contributed by atoms with Gasteiger partial charge in [-0.05, 0) is 36.9 Å². The smallest absolute Gasteiger partial charge is 0.319 e. The molecule has 24 heavy (non-hydrogen) atoms. The molecule has 0 radical (unpaired) electrons. The van der Waals surface area contributed by atoms with Crippen LogP contribution >= 0.6 is 11.3 Å². The minimum absolute atomic E-state index is 0.124. The van der Waals surface area contributed by atoms with Gasteiger partial charge >= 0.3 is 6.03 Å². The molecule has 2 heterocycles. The minimum Gasteiger partial charge on any atom is -0.335 e. The number of urea groups is 1. The van der Waals surface area contributed by atoms with E-state index in [1.807, 2.05) is 55.6 Å². The number of hydrogen-bond acceptors (Lipinski definition) is 5. The van der Waals surface area contributed by atoms with Crippen molar-refractivity contribution in [1.82, 2.24) is 15.5 Å². The van der Waals surface area contributed by atoms with Crippen LogP contribution in [-0.4, -0.2) is 22.2 Å². The molecule has 0 aliphatic heterocycles. The number of nitrogens with one attached hydrogen (secondary N) is 2. The molecular weight excluding hydrogens is 324 g/mol. The molecule has 1 atom stereocenters. The Labute approximate surface area is 143 Å². The third kappa shape index (κ3) is 3.80.